The zero-order valence-electron chi connectivity index (χ0n) is 25.0. The van der Waals surface area contributed by atoms with Crippen molar-refractivity contribution in [1.82, 2.24) is 45.6 Å². The number of aryl methyl sites for hydroxylation is 3. The molecule has 4 heterocycles. The lowest BCUT2D eigenvalue weighted by Crippen LogP contribution is -2.58. The molecule has 3 N–H and O–H groups in total. The number of aromatic nitrogens is 5. The normalized spacial score (nSPS) is 22.9. The lowest BCUT2D eigenvalue weighted by molar-refractivity contribution is -0.140. The van der Waals surface area contributed by atoms with E-state index >= 15 is 0 Å². The molecule has 1 fully saturated rings. The molecule has 5 rings (SSSR count). The number of hydrogen-bond acceptors (Lipinski definition) is 7. The first-order valence-corrected chi connectivity index (χ1v) is 14.7. The van der Waals surface area contributed by atoms with Crippen molar-refractivity contribution < 1.29 is 19.2 Å². The van der Waals surface area contributed by atoms with E-state index in [-0.39, 0.29) is 49.7 Å². The molecule has 2 aromatic heterocycles. The molecule has 1 aromatic carbocycles. The van der Waals surface area contributed by atoms with Crippen molar-refractivity contribution in [2.24, 2.45) is 5.92 Å². The van der Waals surface area contributed by atoms with Gasteiger partial charge in [-0.2, -0.15) is 5.10 Å². The van der Waals surface area contributed by atoms with Crippen molar-refractivity contribution in [3.63, 3.8) is 0 Å². The third kappa shape index (κ3) is 6.92. The molecule has 13 heteroatoms. The van der Waals surface area contributed by atoms with Crippen molar-refractivity contribution >= 4 is 23.6 Å². The first-order chi connectivity index (χ1) is 20.6. The Hall–Kier alpha value is -4.55. The number of amides is 4. The highest BCUT2D eigenvalue weighted by Crippen LogP contribution is 2.28. The lowest BCUT2D eigenvalue weighted by Gasteiger charge is -2.29. The molecule has 0 unspecified atom stereocenters. The second kappa shape index (κ2) is 12.8. The quantitative estimate of drug-likeness (QED) is 0.384. The highest BCUT2D eigenvalue weighted by atomic mass is 16.2. The molecule has 3 aromatic rings. The van der Waals surface area contributed by atoms with Crippen LogP contribution >= 0.6 is 0 Å². The molecule has 2 aliphatic heterocycles. The highest BCUT2D eigenvalue weighted by Gasteiger charge is 2.42. The third-order valence-corrected chi connectivity index (χ3v) is 8.08. The minimum Gasteiger partial charge on any atom is -0.349 e. The predicted octanol–water partition coefficient (Wildman–Crippen LogP) is 0.822. The fourth-order valence-electron chi connectivity index (χ4n) is 5.75. The average Bonchev–Trinajstić information content (AvgIpc) is 3.71. The highest BCUT2D eigenvalue weighted by molar-refractivity contribution is 5.94. The third-order valence-electron chi connectivity index (χ3n) is 8.08. The van der Waals surface area contributed by atoms with Crippen LogP contribution in [0.2, 0.25) is 0 Å². The largest absolute Gasteiger partial charge is 0.349 e. The van der Waals surface area contributed by atoms with E-state index in [0.717, 1.165) is 17.0 Å². The molecule has 0 spiro atoms. The summed E-state index contributed by atoms with van der Waals surface area (Å²) in [5.41, 5.74) is 3.24. The van der Waals surface area contributed by atoms with Gasteiger partial charge < -0.3 is 20.9 Å². The van der Waals surface area contributed by atoms with Gasteiger partial charge in [-0.1, -0.05) is 49.4 Å². The predicted molar refractivity (Wildman–Crippen MR) is 156 cm³/mol. The number of fused-ring (bicyclic) bond motifs is 5. The molecular formula is C30H39N9O4. The molecule has 228 valence electrons. The molecule has 0 radical (unpaired) electrons. The maximum Gasteiger partial charge on any atom is 0.243 e. The second-order valence-electron chi connectivity index (χ2n) is 11.7. The van der Waals surface area contributed by atoms with Crippen LogP contribution in [0.4, 0.5) is 0 Å². The van der Waals surface area contributed by atoms with Crippen molar-refractivity contribution in [2.45, 2.75) is 84.2 Å². The van der Waals surface area contributed by atoms with Crippen molar-refractivity contribution in [3.05, 3.63) is 65.2 Å². The maximum atomic E-state index is 13.8. The molecule has 0 aliphatic carbocycles. The van der Waals surface area contributed by atoms with Crippen LogP contribution in [0.3, 0.4) is 0 Å². The van der Waals surface area contributed by atoms with Crippen molar-refractivity contribution in [3.8, 4) is 0 Å². The van der Waals surface area contributed by atoms with Gasteiger partial charge in [-0.05, 0) is 31.4 Å². The summed E-state index contributed by atoms with van der Waals surface area (Å²) in [4.78, 5) is 55.8. The topological polar surface area (TPSA) is 156 Å². The molecule has 13 nitrogen and oxygen atoms in total. The van der Waals surface area contributed by atoms with Gasteiger partial charge >= 0.3 is 0 Å². The van der Waals surface area contributed by atoms with Crippen molar-refractivity contribution in [1.29, 1.82) is 0 Å². The Labute approximate surface area is 250 Å². The van der Waals surface area contributed by atoms with E-state index in [4.69, 9.17) is 0 Å². The molecule has 4 atom stereocenters. The van der Waals surface area contributed by atoms with Crippen LogP contribution < -0.4 is 16.0 Å². The van der Waals surface area contributed by atoms with Crippen LogP contribution in [0.15, 0.2) is 42.6 Å². The van der Waals surface area contributed by atoms with Gasteiger partial charge in [0.1, 0.15) is 23.8 Å². The summed E-state index contributed by atoms with van der Waals surface area (Å²) < 4.78 is 3.44. The van der Waals surface area contributed by atoms with E-state index in [1.165, 1.54) is 0 Å². The smallest absolute Gasteiger partial charge is 0.243 e. The average molecular weight is 590 g/mol. The molecule has 2 aliphatic rings. The van der Waals surface area contributed by atoms with E-state index in [1.54, 1.807) is 20.5 Å². The maximum absolute atomic E-state index is 13.8. The van der Waals surface area contributed by atoms with Crippen molar-refractivity contribution in [2.75, 3.05) is 6.54 Å². The van der Waals surface area contributed by atoms with E-state index in [9.17, 15) is 19.2 Å². The Balaban J connectivity index is 1.41. The Morgan fingerprint density at radius 3 is 2.51 bits per heavy atom. The Morgan fingerprint density at radius 2 is 1.81 bits per heavy atom. The number of carbonyl (C=O) groups excluding carboxylic acids is 4. The summed E-state index contributed by atoms with van der Waals surface area (Å²) in [5.74, 6) is -1.70. The van der Waals surface area contributed by atoms with E-state index < -0.39 is 29.9 Å². The van der Waals surface area contributed by atoms with Crippen LogP contribution in [-0.4, -0.2) is 78.0 Å². The summed E-state index contributed by atoms with van der Waals surface area (Å²) in [5, 5.41) is 21.5. The lowest BCUT2D eigenvalue weighted by atomic mass is 10.00. The number of likely N-dealkylation sites (tertiary alicyclic amines) is 1. The Kier molecular flexibility index (Phi) is 8.88. The van der Waals surface area contributed by atoms with Gasteiger partial charge in [-0.15, -0.1) is 5.10 Å². The van der Waals surface area contributed by atoms with Crippen LogP contribution in [0.1, 0.15) is 55.4 Å². The van der Waals surface area contributed by atoms with Crippen LogP contribution in [0, 0.1) is 19.8 Å². The number of nitrogens with zero attached hydrogens (tertiary/aromatic N) is 6. The van der Waals surface area contributed by atoms with Gasteiger partial charge in [-0.3, -0.25) is 23.9 Å². The first-order valence-electron chi connectivity index (χ1n) is 14.7. The van der Waals surface area contributed by atoms with Gasteiger partial charge in [0.25, 0.3) is 0 Å². The summed E-state index contributed by atoms with van der Waals surface area (Å²) in [7, 11) is 0. The minimum absolute atomic E-state index is 0.117. The van der Waals surface area contributed by atoms with Crippen LogP contribution in [0.5, 0.6) is 0 Å². The molecule has 4 bridgehead atoms. The summed E-state index contributed by atoms with van der Waals surface area (Å²) >= 11 is 0. The zero-order chi connectivity index (χ0) is 30.7. The van der Waals surface area contributed by atoms with Gasteiger partial charge in [0, 0.05) is 38.0 Å². The standard InChI is InChI=1S/C30H39N9O4/c1-18(2)27-30(43)32-24(13-21-8-6-5-7-9-21)28(41)31-15-22-16-39(36-34-22)23-14-25(29(42)33-27)37(17-23)26(40)10-11-38-20(4)12-19(3)35-38/h5-9,12,16,18,23-25,27H,10-11,13-15,17H2,1-4H3,(H,31,41)(H,32,43)(H,33,42)/t23-,24+,25-,27-/m0/s1. The second-order valence-corrected chi connectivity index (χ2v) is 11.7. The van der Waals surface area contributed by atoms with Crippen LogP contribution in [-0.2, 0) is 38.7 Å². The van der Waals surface area contributed by atoms with Gasteiger partial charge in [0.05, 0.1) is 24.5 Å². The first kappa shape index (κ1) is 29.9. The van der Waals surface area contributed by atoms with E-state index in [1.807, 2.05) is 64.1 Å². The SMILES string of the molecule is Cc1cc(C)n(CCC(=O)N2C[C@@H]3C[C@H]2C(=O)N[C@@H](C(C)C)C(=O)N[C@H](Cc2ccccc2)C(=O)NCc2cn3nn2)n1. The number of rotatable bonds is 6. The number of nitrogens with one attached hydrogen (secondary N) is 3. The molecule has 0 saturated carbocycles. The zero-order valence-corrected chi connectivity index (χ0v) is 25.0. The summed E-state index contributed by atoms with van der Waals surface area (Å²) in [6.45, 7) is 8.27. The minimum atomic E-state index is -0.910. The number of hydrogen-bond donors (Lipinski definition) is 3. The van der Waals surface area contributed by atoms with E-state index in [0.29, 0.717) is 18.7 Å². The monoisotopic (exact) mass is 589 g/mol. The summed E-state index contributed by atoms with van der Waals surface area (Å²) in [6.07, 6.45) is 2.48. The fraction of sp³-hybridized carbons (Fsp3) is 0.500. The number of carbonyl (C=O) groups is 4. The Morgan fingerprint density at radius 1 is 1.05 bits per heavy atom. The molecule has 1 saturated heterocycles. The number of benzene rings is 1. The van der Waals surface area contributed by atoms with Gasteiger partial charge in [0.15, 0.2) is 0 Å². The molecule has 43 heavy (non-hydrogen) atoms. The van der Waals surface area contributed by atoms with Crippen LogP contribution in [0.25, 0.3) is 0 Å². The van der Waals surface area contributed by atoms with Gasteiger partial charge in [-0.25, -0.2) is 4.68 Å². The molecule has 4 amide bonds. The Bertz CT molecular complexity index is 1480. The summed E-state index contributed by atoms with van der Waals surface area (Å²) in [6, 6.07) is 8.47. The fourth-order valence-corrected chi connectivity index (χ4v) is 5.75. The molecular weight excluding hydrogens is 550 g/mol. The van der Waals surface area contributed by atoms with Gasteiger partial charge in [0.2, 0.25) is 23.6 Å². The van der Waals surface area contributed by atoms with E-state index in [2.05, 4.69) is 31.4 Å².